The third-order valence-corrected chi connectivity index (χ3v) is 2.66. The van der Waals surface area contributed by atoms with Crippen molar-refractivity contribution in [1.82, 2.24) is 0 Å². The van der Waals surface area contributed by atoms with E-state index in [0.717, 1.165) is 25.6 Å². The van der Waals surface area contributed by atoms with Crippen LogP contribution in [0.4, 0.5) is 0 Å². The minimum atomic E-state index is 0.123. The van der Waals surface area contributed by atoms with Gasteiger partial charge < -0.3 is 9.47 Å². The van der Waals surface area contributed by atoms with Crippen molar-refractivity contribution in [3.8, 4) is 0 Å². The highest BCUT2D eigenvalue weighted by atomic mass is 16.7. The lowest BCUT2D eigenvalue weighted by Gasteiger charge is -2.22. The van der Waals surface area contributed by atoms with E-state index < -0.39 is 0 Å². The molecule has 1 atom stereocenters. The number of rotatable bonds is 4. The van der Waals surface area contributed by atoms with Gasteiger partial charge >= 0.3 is 0 Å². The van der Waals surface area contributed by atoms with E-state index in [9.17, 15) is 0 Å². The summed E-state index contributed by atoms with van der Waals surface area (Å²) in [7, 11) is 0. The van der Waals surface area contributed by atoms with Crippen molar-refractivity contribution in [2.45, 2.75) is 44.8 Å². The molecule has 70 valence electrons. The molecular formula is C10H18O2. The molecule has 2 rings (SSSR count). The molecule has 0 aromatic carbocycles. The Morgan fingerprint density at radius 1 is 1.17 bits per heavy atom. The third-order valence-electron chi connectivity index (χ3n) is 2.66. The van der Waals surface area contributed by atoms with Crippen molar-refractivity contribution in [2.75, 3.05) is 13.2 Å². The average Bonchev–Trinajstić information content (AvgIpc) is 2.90. The molecule has 1 unspecified atom stereocenters. The molecule has 2 heteroatoms. The first-order valence-electron chi connectivity index (χ1n) is 5.18. The van der Waals surface area contributed by atoms with Crippen LogP contribution in [-0.4, -0.2) is 19.5 Å². The van der Waals surface area contributed by atoms with Crippen molar-refractivity contribution in [1.29, 1.82) is 0 Å². The van der Waals surface area contributed by atoms with Crippen LogP contribution in [0.25, 0.3) is 0 Å². The number of ether oxygens (including phenoxy) is 2. The van der Waals surface area contributed by atoms with Gasteiger partial charge in [-0.15, -0.1) is 0 Å². The maximum absolute atomic E-state index is 5.61. The lowest BCUT2D eigenvalue weighted by atomic mass is 10.2. The maximum atomic E-state index is 5.61. The summed E-state index contributed by atoms with van der Waals surface area (Å²) in [6.45, 7) is 1.81. The summed E-state index contributed by atoms with van der Waals surface area (Å²) in [5.41, 5.74) is 0. The Bertz CT molecular complexity index is 126. The quantitative estimate of drug-likeness (QED) is 0.644. The smallest absolute Gasteiger partial charge is 0.157 e. The van der Waals surface area contributed by atoms with E-state index in [1.165, 1.54) is 32.1 Å². The highest BCUT2D eigenvalue weighted by Crippen LogP contribution is 2.32. The Balaban J connectivity index is 1.52. The molecule has 0 radical (unpaired) electrons. The van der Waals surface area contributed by atoms with Gasteiger partial charge in [0, 0.05) is 13.2 Å². The van der Waals surface area contributed by atoms with Gasteiger partial charge in [0.25, 0.3) is 0 Å². The third kappa shape index (κ3) is 2.76. The van der Waals surface area contributed by atoms with Gasteiger partial charge in [-0.25, -0.2) is 0 Å². The van der Waals surface area contributed by atoms with E-state index in [4.69, 9.17) is 9.47 Å². The van der Waals surface area contributed by atoms with Crippen LogP contribution < -0.4 is 0 Å². The van der Waals surface area contributed by atoms with Crippen LogP contribution in [0.2, 0.25) is 0 Å². The van der Waals surface area contributed by atoms with Crippen LogP contribution in [0.5, 0.6) is 0 Å². The largest absolute Gasteiger partial charge is 0.353 e. The molecule has 1 saturated carbocycles. The Morgan fingerprint density at radius 3 is 2.75 bits per heavy atom. The number of hydrogen-bond donors (Lipinski definition) is 0. The second-order valence-electron chi connectivity index (χ2n) is 3.90. The molecule has 0 bridgehead atoms. The molecule has 1 aliphatic carbocycles. The van der Waals surface area contributed by atoms with Crippen LogP contribution in [0.3, 0.4) is 0 Å². The van der Waals surface area contributed by atoms with Gasteiger partial charge in [-0.1, -0.05) is 12.8 Å². The van der Waals surface area contributed by atoms with Crippen LogP contribution in [0, 0.1) is 5.92 Å². The molecule has 2 fully saturated rings. The summed E-state index contributed by atoms with van der Waals surface area (Å²) in [5, 5.41) is 0. The van der Waals surface area contributed by atoms with Gasteiger partial charge in [-0.3, -0.25) is 0 Å². The standard InChI is InChI=1S/C10H18O2/c1-2-7-11-10(3-1)12-8-6-9-4-5-9/h9-10H,1-8H2. The topological polar surface area (TPSA) is 18.5 Å². The minimum absolute atomic E-state index is 0.123. The van der Waals surface area contributed by atoms with Gasteiger partial charge in [0.05, 0.1) is 0 Å². The SMILES string of the molecule is C1CCC(OCCC2CC2)OC1. The lowest BCUT2D eigenvalue weighted by molar-refractivity contribution is -0.163. The van der Waals surface area contributed by atoms with Gasteiger partial charge in [-0.05, 0) is 31.6 Å². The molecule has 0 aromatic rings. The fraction of sp³-hybridized carbons (Fsp3) is 1.00. The summed E-state index contributed by atoms with van der Waals surface area (Å²) in [5.74, 6) is 0.980. The van der Waals surface area contributed by atoms with Crippen molar-refractivity contribution in [3.63, 3.8) is 0 Å². The Morgan fingerprint density at radius 2 is 2.08 bits per heavy atom. The van der Waals surface area contributed by atoms with E-state index in [1.807, 2.05) is 0 Å². The molecular weight excluding hydrogens is 152 g/mol. The van der Waals surface area contributed by atoms with Crippen LogP contribution in [0.1, 0.15) is 38.5 Å². The van der Waals surface area contributed by atoms with E-state index in [0.29, 0.717) is 0 Å². The molecule has 0 aromatic heterocycles. The molecule has 1 aliphatic heterocycles. The maximum Gasteiger partial charge on any atom is 0.157 e. The van der Waals surface area contributed by atoms with Gasteiger partial charge in [0.1, 0.15) is 0 Å². The molecule has 1 saturated heterocycles. The monoisotopic (exact) mass is 170 g/mol. The van der Waals surface area contributed by atoms with E-state index in [1.54, 1.807) is 0 Å². The zero-order valence-electron chi connectivity index (χ0n) is 7.63. The molecule has 0 spiro atoms. The van der Waals surface area contributed by atoms with Crippen LogP contribution >= 0.6 is 0 Å². The van der Waals surface area contributed by atoms with E-state index in [2.05, 4.69) is 0 Å². The summed E-state index contributed by atoms with van der Waals surface area (Å²) in [6, 6.07) is 0. The van der Waals surface area contributed by atoms with Crippen molar-refractivity contribution in [3.05, 3.63) is 0 Å². The van der Waals surface area contributed by atoms with E-state index in [-0.39, 0.29) is 6.29 Å². The summed E-state index contributed by atoms with van der Waals surface area (Å²) >= 11 is 0. The molecule has 2 nitrogen and oxygen atoms in total. The van der Waals surface area contributed by atoms with Gasteiger partial charge in [0.2, 0.25) is 0 Å². The Kier molecular flexibility index (Phi) is 3.01. The fourth-order valence-electron chi connectivity index (χ4n) is 1.62. The summed E-state index contributed by atoms with van der Waals surface area (Å²) in [6.07, 6.45) is 7.81. The fourth-order valence-corrected chi connectivity index (χ4v) is 1.62. The first-order chi connectivity index (χ1) is 5.95. The van der Waals surface area contributed by atoms with Crippen molar-refractivity contribution >= 4 is 0 Å². The zero-order valence-corrected chi connectivity index (χ0v) is 7.63. The summed E-state index contributed by atoms with van der Waals surface area (Å²) in [4.78, 5) is 0. The van der Waals surface area contributed by atoms with Gasteiger partial charge in [0.15, 0.2) is 6.29 Å². The van der Waals surface area contributed by atoms with Crippen molar-refractivity contribution in [2.24, 2.45) is 5.92 Å². The van der Waals surface area contributed by atoms with Crippen LogP contribution in [-0.2, 0) is 9.47 Å². The number of hydrogen-bond acceptors (Lipinski definition) is 2. The second kappa shape index (κ2) is 4.24. The van der Waals surface area contributed by atoms with Crippen LogP contribution in [0.15, 0.2) is 0 Å². The molecule has 1 heterocycles. The van der Waals surface area contributed by atoms with Gasteiger partial charge in [-0.2, -0.15) is 0 Å². The second-order valence-corrected chi connectivity index (χ2v) is 3.90. The Hall–Kier alpha value is -0.0800. The first kappa shape index (κ1) is 8.52. The molecule has 0 amide bonds. The average molecular weight is 170 g/mol. The molecule has 0 N–H and O–H groups in total. The minimum Gasteiger partial charge on any atom is -0.353 e. The predicted molar refractivity (Wildman–Crippen MR) is 46.9 cm³/mol. The highest BCUT2D eigenvalue weighted by Gasteiger charge is 2.21. The summed E-state index contributed by atoms with van der Waals surface area (Å²) < 4.78 is 11.1. The lowest BCUT2D eigenvalue weighted by Crippen LogP contribution is -2.22. The molecule has 2 aliphatic rings. The predicted octanol–water partition coefficient (Wildman–Crippen LogP) is 2.33. The zero-order chi connectivity index (χ0) is 8.23. The first-order valence-corrected chi connectivity index (χ1v) is 5.18. The highest BCUT2D eigenvalue weighted by molar-refractivity contribution is 4.72. The molecule has 12 heavy (non-hydrogen) atoms. The van der Waals surface area contributed by atoms with E-state index >= 15 is 0 Å². The normalized spacial score (nSPS) is 30.5. The van der Waals surface area contributed by atoms with Crippen molar-refractivity contribution < 1.29 is 9.47 Å². The Labute approximate surface area is 74.2 Å².